The normalized spacial score (nSPS) is 11.3. The molecular formula is C15H24N2O2. The van der Waals surface area contributed by atoms with Gasteiger partial charge in [-0.3, -0.25) is 0 Å². The monoisotopic (exact) mass is 264 g/mol. The Labute approximate surface area is 115 Å². The van der Waals surface area contributed by atoms with Crippen LogP contribution in [0.1, 0.15) is 33.3 Å². The Morgan fingerprint density at radius 2 is 1.84 bits per heavy atom. The number of hydrogen-bond donors (Lipinski definition) is 2. The Hall–Kier alpha value is -1.71. The van der Waals surface area contributed by atoms with Gasteiger partial charge in [0.15, 0.2) is 0 Å². The lowest BCUT2D eigenvalue weighted by Gasteiger charge is -2.27. The van der Waals surface area contributed by atoms with E-state index >= 15 is 0 Å². The molecule has 0 aliphatic heterocycles. The maximum atomic E-state index is 11.8. The Kier molecular flexibility index (Phi) is 5.21. The molecule has 0 aliphatic rings. The first-order chi connectivity index (χ1) is 8.85. The van der Waals surface area contributed by atoms with Gasteiger partial charge in [0.1, 0.15) is 5.75 Å². The summed E-state index contributed by atoms with van der Waals surface area (Å²) in [5.41, 5.74) is 0.612. The van der Waals surface area contributed by atoms with E-state index in [-0.39, 0.29) is 6.03 Å². The first-order valence-corrected chi connectivity index (χ1v) is 6.55. The van der Waals surface area contributed by atoms with Crippen LogP contribution in [0, 0.1) is 5.92 Å². The van der Waals surface area contributed by atoms with Crippen molar-refractivity contribution in [1.29, 1.82) is 0 Å². The Balaban J connectivity index is 2.65. The lowest BCUT2D eigenvalue weighted by molar-refractivity contribution is 0.228. The van der Waals surface area contributed by atoms with Gasteiger partial charge in [0.25, 0.3) is 0 Å². The molecule has 4 heteroatoms. The van der Waals surface area contributed by atoms with Crippen molar-refractivity contribution in [1.82, 2.24) is 10.6 Å². The average Bonchev–Trinajstić information content (AvgIpc) is 2.36. The fraction of sp³-hybridized carbons (Fsp3) is 0.533. The van der Waals surface area contributed by atoms with Crippen LogP contribution in [-0.4, -0.2) is 19.7 Å². The molecule has 4 nitrogen and oxygen atoms in total. The van der Waals surface area contributed by atoms with Crippen molar-refractivity contribution in [2.24, 2.45) is 5.92 Å². The molecule has 1 rings (SSSR count). The van der Waals surface area contributed by atoms with Crippen LogP contribution in [0.4, 0.5) is 4.79 Å². The summed E-state index contributed by atoms with van der Waals surface area (Å²) in [4.78, 5) is 11.8. The number of nitrogens with one attached hydrogen (secondary N) is 2. The van der Waals surface area contributed by atoms with Crippen LogP contribution in [0.2, 0.25) is 0 Å². The minimum Gasteiger partial charge on any atom is -0.497 e. The summed E-state index contributed by atoms with van der Waals surface area (Å²) >= 11 is 0. The predicted octanol–water partition coefficient (Wildman–Crippen LogP) is 2.89. The third-order valence-corrected chi connectivity index (χ3v) is 2.91. The molecule has 2 N–H and O–H groups in total. The molecule has 1 aromatic rings. The van der Waals surface area contributed by atoms with E-state index in [1.54, 1.807) is 7.11 Å². The van der Waals surface area contributed by atoms with Gasteiger partial charge in [-0.25, -0.2) is 4.79 Å². The molecule has 1 aromatic carbocycles. The highest BCUT2D eigenvalue weighted by molar-refractivity contribution is 5.75. The molecule has 0 atom stereocenters. The highest BCUT2D eigenvalue weighted by atomic mass is 16.5. The molecule has 0 spiro atoms. The molecule has 0 unspecified atom stereocenters. The zero-order chi connectivity index (χ0) is 14.5. The predicted molar refractivity (Wildman–Crippen MR) is 77.4 cm³/mol. The van der Waals surface area contributed by atoms with Crippen molar-refractivity contribution >= 4 is 6.03 Å². The lowest BCUT2D eigenvalue weighted by Crippen LogP contribution is -2.47. The Bertz CT molecular complexity index is 411. The maximum Gasteiger partial charge on any atom is 0.315 e. The van der Waals surface area contributed by atoms with Gasteiger partial charge in [-0.2, -0.15) is 0 Å². The van der Waals surface area contributed by atoms with E-state index in [1.807, 2.05) is 38.1 Å². The van der Waals surface area contributed by atoms with E-state index < -0.39 is 5.54 Å². The van der Waals surface area contributed by atoms with E-state index in [2.05, 4.69) is 24.5 Å². The molecule has 0 aliphatic carbocycles. The highest BCUT2D eigenvalue weighted by Gasteiger charge is 2.22. The van der Waals surface area contributed by atoms with Crippen LogP contribution in [0.15, 0.2) is 24.3 Å². The van der Waals surface area contributed by atoms with Gasteiger partial charge in [0.05, 0.1) is 12.6 Å². The lowest BCUT2D eigenvalue weighted by atomic mass is 9.94. The van der Waals surface area contributed by atoms with E-state index in [1.165, 1.54) is 0 Å². The summed E-state index contributed by atoms with van der Waals surface area (Å²) in [5.74, 6) is 1.25. The second kappa shape index (κ2) is 6.45. The Morgan fingerprint density at radius 3 is 2.32 bits per heavy atom. The zero-order valence-electron chi connectivity index (χ0n) is 12.4. The van der Waals surface area contributed by atoms with Crippen LogP contribution in [0.5, 0.6) is 5.75 Å². The molecule has 106 valence electrons. The summed E-state index contributed by atoms with van der Waals surface area (Å²) in [6, 6.07) is 7.56. The molecule has 0 radical (unpaired) electrons. The molecule has 0 heterocycles. The topological polar surface area (TPSA) is 50.4 Å². The summed E-state index contributed by atoms with van der Waals surface area (Å²) < 4.78 is 5.13. The average molecular weight is 264 g/mol. The second-order valence-corrected chi connectivity index (χ2v) is 5.58. The number of hydrogen-bond acceptors (Lipinski definition) is 2. The third-order valence-electron chi connectivity index (χ3n) is 2.91. The quantitative estimate of drug-likeness (QED) is 0.859. The van der Waals surface area contributed by atoms with Crippen molar-refractivity contribution < 1.29 is 9.53 Å². The van der Waals surface area contributed by atoms with Gasteiger partial charge < -0.3 is 15.4 Å². The molecule has 2 amide bonds. The Morgan fingerprint density at radius 1 is 1.26 bits per heavy atom. The fourth-order valence-electron chi connectivity index (χ4n) is 1.70. The van der Waals surface area contributed by atoms with Crippen LogP contribution < -0.4 is 15.4 Å². The molecule has 0 aromatic heterocycles. The number of ether oxygens (including phenoxy) is 1. The van der Waals surface area contributed by atoms with Crippen molar-refractivity contribution in [2.45, 2.75) is 33.2 Å². The van der Waals surface area contributed by atoms with Gasteiger partial charge in [-0.15, -0.1) is 0 Å². The smallest absolute Gasteiger partial charge is 0.315 e. The van der Waals surface area contributed by atoms with Crippen molar-refractivity contribution in [3.63, 3.8) is 0 Å². The molecule has 0 saturated heterocycles. The minimum absolute atomic E-state index is 0.144. The van der Waals surface area contributed by atoms with E-state index in [9.17, 15) is 4.79 Å². The van der Waals surface area contributed by atoms with E-state index in [0.717, 1.165) is 11.3 Å². The summed E-state index contributed by atoms with van der Waals surface area (Å²) in [5, 5.41) is 5.83. The molecule has 0 bridgehead atoms. The number of benzene rings is 1. The first kappa shape index (κ1) is 15.3. The van der Waals surface area contributed by atoms with Crippen LogP contribution in [-0.2, 0) is 5.54 Å². The number of urea groups is 1. The molecule has 19 heavy (non-hydrogen) atoms. The molecular weight excluding hydrogens is 240 g/mol. The van der Waals surface area contributed by atoms with E-state index in [4.69, 9.17) is 4.74 Å². The first-order valence-electron chi connectivity index (χ1n) is 6.55. The SMILES string of the molecule is COc1ccc(C(C)(C)NC(=O)NCC(C)C)cc1. The number of amides is 2. The van der Waals surface area contributed by atoms with Crippen LogP contribution in [0.3, 0.4) is 0 Å². The van der Waals surface area contributed by atoms with Crippen molar-refractivity contribution in [2.75, 3.05) is 13.7 Å². The number of methoxy groups -OCH3 is 1. The molecule has 0 saturated carbocycles. The van der Waals surface area contributed by atoms with Crippen molar-refractivity contribution in [3.05, 3.63) is 29.8 Å². The van der Waals surface area contributed by atoms with Crippen molar-refractivity contribution in [3.8, 4) is 5.75 Å². The second-order valence-electron chi connectivity index (χ2n) is 5.58. The number of rotatable bonds is 5. The van der Waals surface area contributed by atoms with Gasteiger partial charge in [0, 0.05) is 6.54 Å². The third kappa shape index (κ3) is 4.81. The van der Waals surface area contributed by atoms with E-state index in [0.29, 0.717) is 12.5 Å². The van der Waals surface area contributed by atoms with Gasteiger partial charge in [-0.1, -0.05) is 26.0 Å². The van der Waals surface area contributed by atoms with Gasteiger partial charge >= 0.3 is 6.03 Å². The fourth-order valence-corrected chi connectivity index (χ4v) is 1.70. The highest BCUT2D eigenvalue weighted by Crippen LogP contribution is 2.22. The van der Waals surface area contributed by atoms with Gasteiger partial charge in [-0.05, 0) is 37.5 Å². The zero-order valence-corrected chi connectivity index (χ0v) is 12.4. The van der Waals surface area contributed by atoms with Gasteiger partial charge in [0.2, 0.25) is 0 Å². The summed E-state index contributed by atoms with van der Waals surface area (Å²) in [6.07, 6.45) is 0. The standard InChI is InChI=1S/C15H24N2O2/c1-11(2)10-16-14(18)17-15(3,4)12-6-8-13(19-5)9-7-12/h6-9,11H,10H2,1-5H3,(H2,16,17,18). The van der Waals surface area contributed by atoms with Crippen LogP contribution in [0.25, 0.3) is 0 Å². The number of carbonyl (C=O) groups excluding carboxylic acids is 1. The maximum absolute atomic E-state index is 11.8. The molecule has 0 fully saturated rings. The minimum atomic E-state index is -0.423. The number of carbonyl (C=O) groups is 1. The summed E-state index contributed by atoms with van der Waals surface area (Å²) in [7, 11) is 1.64. The largest absolute Gasteiger partial charge is 0.497 e. The van der Waals surface area contributed by atoms with Crippen LogP contribution >= 0.6 is 0 Å². The summed E-state index contributed by atoms with van der Waals surface area (Å²) in [6.45, 7) is 8.75.